The molecule has 3 saturated heterocycles. The second kappa shape index (κ2) is 9.29. The van der Waals surface area contributed by atoms with Gasteiger partial charge in [-0.25, -0.2) is 8.42 Å². The molecule has 2 spiro atoms. The molecule has 2 N–H and O–H groups in total. The van der Waals surface area contributed by atoms with E-state index in [2.05, 4.69) is 6.58 Å². The average Bonchev–Trinajstić information content (AvgIpc) is 3.10. The number of hydrogen-bond acceptors (Lipinski definition) is 9. The largest absolute Gasteiger partial charge is 0.460 e. The Bertz CT molecular complexity index is 1520. The first-order chi connectivity index (χ1) is 20.2. The van der Waals surface area contributed by atoms with Crippen LogP contribution in [-0.4, -0.2) is 78.2 Å². The number of sulfonamides is 1. The van der Waals surface area contributed by atoms with Gasteiger partial charge >= 0.3 is 5.97 Å². The number of benzene rings is 1. The van der Waals surface area contributed by atoms with Gasteiger partial charge in [-0.05, 0) is 61.1 Å². The molecule has 232 valence electrons. The SMILES string of the molecule is C=C1C(=O)[C@]23[C@H](OC(=O)C4CCN(S(=O)(=O)c5ccccc5)CC4)[C@H]1CC[C@H]2[C@@]12CO[C@@]3(O)[C@@H](O)[C@@H]1C(C)(C)CCC2=O. The van der Waals surface area contributed by atoms with Gasteiger partial charge in [0.25, 0.3) is 0 Å². The number of carbonyl (C=O) groups excluding carboxylic acids is 3. The molecule has 8 rings (SSSR count). The smallest absolute Gasteiger partial charge is 0.309 e. The van der Waals surface area contributed by atoms with E-state index in [-0.39, 0.29) is 55.2 Å². The zero-order chi connectivity index (χ0) is 30.7. The van der Waals surface area contributed by atoms with Crippen molar-refractivity contribution in [2.75, 3.05) is 19.7 Å². The maximum atomic E-state index is 14.3. The summed E-state index contributed by atoms with van der Waals surface area (Å²) in [7, 11) is -3.71. The lowest BCUT2D eigenvalue weighted by molar-refractivity contribution is -0.437. The highest BCUT2D eigenvalue weighted by Crippen LogP contribution is 2.76. The number of hydrogen-bond donors (Lipinski definition) is 2. The molecule has 11 heteroatoms. The summed E-state index contributed by atoms with van der Waals surface area (Å²) in [5.74, 6) is -6.03. The van der Waals surface area contributed by atoms with Gasteiger partial charge in [0.05, 0.1) is 22.8 Å². The molecule has 7 fully saturated rings. The van der Waals surface area contributed by atoms with Crippen molar-refractivity contribution in [2.24, 2.45) is 39.9 Å². The molecule has 1 aromatic carbocycles. The van der Waals surface area contributed by atoms with Crippen LogP contribution in [0.4, 0.5) is 0 Å². The third-order valence-electron chi connectivity index (χ3n) is 12.0. The van der Waals surface area contributed by atoms with Crippen LogP contribution < -0.4 is 0 Å². The van der Waals surface area contributed by atoms with Gasteiger partial charge in [0, 0.05) is 31.3 Å². The van der Waals surface area contributed by atoms with Crippen molar-refractivity contribution in [1.82, 2.24) is 4.31 Å². The predicted octanol–water partition coefficient (Wildman–Crippen LogP) is 2.24. The zero-order valence-electron chi connectivity index (χ0n) is 24.5. The van der Waals surface area contributed by atoms with Crippen LogP contribution in [0.15, 0.2) is 47.4 Å². The predicted molar refractivity (Wildman–Crippen MR) is 151 cm³/mol. The molecule has 4 saturated carbocycles. The van der Waals surface area contributed by atoms with Gasteiger partial charge < -0.3 is 19.7 Å². The van der Waals surface area contributed by atoms with Crippen LogP contribution in [0.2, 0.25) is 0 Å². The maximum Gasteiger partial charge on any atom is 0.309 e. The van der Waals surface area contributed by atoms with E-state index in [0.717, 1.165) is 0 Å². The quantitative estimate of drug-likeness (QED) is 0.385. The number of nitrogens with zero attached hydrogens (tertiary/aromatic N) is 1. The molecule has 7 aliphatic rings. The lowest BCUT2D eigenvalue weighted by Crippen LogP contribution is -2.85. The lowest BCUT2D eigenvalue weighted by Gasteiger charge is -2.73. The first-order valence-electron chi connectivity index (χ1n) is 15.3. The third kappa shape index (κ3) is 3.48. The van der Waals surface area contributed by atoms with Crippen molar-refractivity contribution in [2.45, 2.75) is 75.3 Å². The molecule has 4 bridgehead atoms. The summed E-state index contributed by atoms with van der Waals surface area (Å²) in [6.45, 7) is 8.16. The molecule has 0 amide bonds. The highest BCUT2D eigenvalue weighted by Gasteiger charge is 2.88. The number of carbonyl (C=O) groups is 3. The molecule has 10 nitrogen and oxygen atoms in total. The highest BCUT2D eigenvalue weighted by molar-refractivity contribution is 7.89. The van der Waals surface area contributed by atoms with E-state index in [1.54, 1.807) is 18.2 Å². The van der Waals surface area contributed by atoms with Crippen LogP contribution >= 0.6 is 0 Å². The summed E-state index contributed by atoms with van der Waals surface area (Å²) in [5, 5.41) is 24.2. The molecule has 0 aromatic heterocycles. The van der Waals surface area contributed by atoms with Gasteiger partial charge in [-0.3, -0.25) is 14.4 Å². The maximum absolute atomic E-state index is 14.3. The number of esters is 1. The minimum Gasteiger partial charge on any atom is -0.460 e. The number of rotatable bonds is 4. The second-order valence-electron chi connectivity index (χ2n) is 14.2. The van der Waals surface area contributed by atoms with Gasteiger partial charge in [-0.1, -0.05) is 38.6 Å². The molecule has 0 radical (unpaired) electrons. The summed E-state index contributed by atoms with van der Waals surface area (Å²) >= 11 is 0. The van der Waals surface area contributed by atoms with Crippen LogP contribution in [0, 0.1) is 39.9 Å². The van der Waals surface area contributed by atoms with E-state index in [1.165, 1.54) is 16.4 Å². The lowest BCUT2D eigenvalue weighted by atomic mass is 9.36. The Labute approximate surface area is 251 Å². The topological polar surface area (TPSA) is 148 Å². The van der Waals surface area contributed by atoms with Gasteiger partial charge in [0.2, 0.25) is 15.8 Å². The van der Waals surface area contributed by atoms with E-state index in [0.29, 0.717) is 19.3 Å². The standard InChI is InChI=1S/C32H39NO9S/c1-18-21-9-10-22-30-17-41-32(38,26(36)24(30)29(2,3)14-11-23(30)34)31(22,25(18)35)27(21)42-28(37)19-12-15-33(16-13-19)43(39,40)20-7-5-4-6-8-20/h4-8,19,21-22,24,26-27,36,38H,1,9-17H2,2-3H3/t21-,22-,24+,26-,27+,30+,31-,32-/m0/s1. The average molecular weight is 614 g/mol. The van der Waals surface area contributed by atoms with Crippen LogP contribution in [0.3, 0.4) is 0 Å². The van der Waals surface area contributed by atoms with Gasteiger partial charge in [0.15, 0.2) is 5.78 Å². The number of Topliss-reactive ketones (excluding diaryl/α,β-unsaturated/α-hetero) is 2. The Hall–Kier alpha value is -2.44. The molecule has 3 heterocycles. The molecule has 4 aliphatic carbocycles. The molecule has 8 atom stereocenters. The minimum absolute atomic E-state index is 0.0807. The fourth-order valence-corrected chi connectivity index (χ4v) is 11.6. The van der Waals surface area contributed by atoms with E-state index in [4.69, 9.17) is 9.47 Å². The Balaban J connectivity index is 1.20. The van der Waals surface area contributed by atoms with Crippen LogP contribution in [0.5, 0.6) is 0 Å². The van der Waals surface area contributed by atoms with Crippen molar-refractivity contribution in [3.05, 3.63) is 42.5 Å². The highest BCUT2D eigenvalue weighted by atomic mass is 32.2. The van der Waals surface area contributed by atoms with Crippen LogP contribution in [0.1, 0.15) is 52.4 Å². The van der Waals surface area contributed by atoms with Crippen LogP contribution in [-0.2, 0) is 33.9 Å². The Kier molecular flexibility index (Phi) is 6.33. The van der Waals surface area contributed by atoms with Gasteiger partial charge in [-0.2, -0.15) is 4.31 Å². The molecule has 1 aromatic rings. The van der Waals surface area contributed by atoms with Crippen LogP contribution in [0.25, 0.3) is 0 Å². The number of aliphatic hydroxyl groups excluding tert-OH is 1. The molecular formula is C32H39NO9S. The third-order valence-corrected chi connectivity index (χ3v) is 13.9. The summed E-state index contributed by atoms with van der Waals surface area (Å²) < 4.78 is 39.8. The number of piperidine rings is 1. The van der Waals surface area contributed by atoms with Crippen molar-refractivity contribution < 1.29 is 42.5 Å². The Morgan fingerprint density at radius 2 is 1.77 bits per heavy atom. The normalized spacial score (nSPS) is 42.4. The van der Waals surface area contributed by atoms with E-state index < -0.39 is 79.7 Å². The van der Waals surface area contributed by atoms with Crippen molar-refractivity contribution in [1.29, 1.82) is 0 Å². The summed E-state index contributed by atoms with van der Waals surface area (Å²) in [6.07, 6.45) is -0.513. The van der Waals surface area contributed by atoms with Crippen molar-refractivity contribution in [3.63, 3.8) is 0 Å². The molecule has 0 unspecified atom stereocenters. The van der Waals surface area contributed by atoms with Crippen molar-refractivity contribution in [3.8, 4) is 0 Å². The molecular weight excluding hydrogens is 574 g/mol. The molecule has 3 aliphatic heterocycles. The monoisotopic (exact) mass is 613 g/mol. The summed E-state index contributed by atoms with van der Waals surface area (Å²) in [6, 6.07) is 8.14. The van der Waals surface area contributed by atoms with Gasteiger partial charge in [-0.15, -0.1) is 0 Å². The number of fused-ring (bicyclic) bond motifs is 2. The fraction of sp³-hybridized carbons (Fsp3) is 0.656. The zero-order valence-corrected chi connectivity index (χ0v) is 25.3. The summed E-state index contributed by atoms with van der Waals surface area (Å²) in [5.41, 5.74) is -3.32. The number of ketones is 2. The molecule has 43 heavy (non-hydrogen) atoms. The van der Waals surface area contributed by atoms with E-state index in [9.17, 15) is 33.0 Å². The first-order valence-corrected chi connectivity index (χ1v) is 16.8. The van der Waals surface area contributed by atoms with Gasteiger partial charge in [0.1, 0.15) is 23.4 Å². The minimum atomic E-state index is -3.71. The Morgan fingerprint density at radius 3 is 2.44 bits per heavy atom. The number of aliphatic hydroxyl groups is 2. The van der Waals surface area contributed by atoms with Crippen molar-refractivity contribution >= 4 is 27.6 Å². The first kappa shape index (κ1) is 29.3. The summed E-state index contributed by atoms with van der Waals surface area (Å²) in [4.78, 5) is 42.1. The van der Waals surface area contributed by atoms with E-state index in [1.807, 2.05) is 13.8 Å². The fourth-order valence-electron chi connectivity index (χ4n) is 10.1. The van der Waals surface area contributed by atoms with E-state index >= 15 is 0 Å². The Morgan fingerprint density at radius 1 is 1.09 bits per heavy atom. The number of ether oxygens (including phenoxy) is 2. The second-order valence-corrected chi connectivity index (χ2v) is 16.1.